The Morgan fingerprint density at radius 3 is 2.50 bits per heavy atom. The Balaban J connectivity index is 1.50. The summed E-state index contributed by atoms with van der Waals surface area (Å²) in [4.78, 5) is 12.6. The Bertz CT molecular complexity index is 1420. The highest BCUT2D eigenvalue weighted by molar-refractivity contribution is 6.34. The fourth-order valence-electron chi connectivity index (χ4n) is 3.45. The first-order chi connectivity index (χ1) is 16.6. The molecule has 0 radical (unpaired) electrons. The third-order valence-electron chi connectivity index (χ3n) is 5.19. The van der Waals surface area contributed by atoms with Gasteiger partial charge < -0.3 is 14.8 Å². The molecule has 0 aliphatic rings. The fourth-order valence-corrected chi connectivity index (χ4v) is 3.63. The second-order valence-corrected chi connectivity index (χ2v) is 7.89. The summed E-state index contributed by atoms with van der Waals surface area (Å²) in [5.41, 5.74) is 2.03. The van der Waals surface area contributed by atoms with Crippen LogP contribution in [0.2, 0.25) is 5.02 Å². The van der Waals surface area contributed by atoms with Gasteiger partial charge in [0, 0.05) is 0 Å². The van der Waals surface area contributed by atoms with Crippen molar-refractivity contribution < 1.29 is 14.3 Å². The molecule has 6 heteroatoms. The number of carbonyl (C=O) groups excluding carboxylic acids is 1. The minimum atomic E-state index is -0.550. The van der Waals surface area contributed by atoms with Crippen LogP contribution in [0, 0.1) is 11.3 Å². The Kier molecular flexibility index (Phi) is 7.12. The molecule has 0 aliphatic heterocycles. The fraction of sp³-hybridized carbons (Fsp3) is 0.0714. The number of nitriles is 1. The van der Waals surface area contributed by atoms with Gasteiger partial charge in [0.2, 0.25) is 0 Å². The minimum Gasteiger partial charge on any atom is -0.493 e. The molecular formula is C28H21ClN2O3. The van der Waals surface area contributed by atoms with E-state index in [0.717, 1.165) is 10.9 Å². The smallest absolute Gasteiger partial charge is 0.266 e. The highest BCUT2D eigenvalue weighted by Gasteiger charge is 2.13. The van der Waals surface area contributed by atoms with Crippen LogP contribution in [0.5, 0.6) is 11.5 Å². The molecule has 0 unspecified atom stereocenters. The maximum Gasteiger partial charge on any atom is 0.266 e. The van der Waals surface area contributed by atoms with E-state index >= 15 is 0 Å². The summed E-state index contributed by atoms with van der Waals surface area (Å²) in [6.07, 6.45) is 1.49. The number of amides is 1. The van der Waals surface area contributed by atoms with Gasteiger partial charge in [-0.1, -0.05) is 66.2 Å². The van der Waals surface area contributed by atoms with Crippen molar-refractivity contribution in [3.63, 3.8) is 0 Å². The largest absolute Gasteiger partial charge is 0.493 e. The lowest BCUT2D eigenvalue weighted by molar-refractivity contribution is -0.112. The highest BCUT2D eigenvalue weighted by Crippen LogP contribution is 2.30. The van der Waals surface area contributed by atoms with E-state index in [0.29, 0.717) is 34.4 Å². The molecule has 0 atom stereocenters. The van der Waals surface area contributed by atoms with Crippen LogP contribution >= 0.6 is 11.6 Å². The van der Waals surface area contributed by atoms with E-state index in [4.69, 9.17) is 21.1 Å². The topological polar surface area (TPSA) is 71.3 Å². The number of nitrogens with one attached hydrogen (secondary N) is 1. The summed E-state index contributed by atoms with van der Waals surface area (Å²) in [5.74, 6) is 0.511. The molecule has 1 amide bonds. The van der Waals surface area contributed by atoms with Crippen LogP contribution in [0.1, 0.15) is 11.1 Å². The number of hydrogen-bond acceptors (Lipinski definition) is 4. The molecule has 34 heavy (non-hydrogen) atoms. The summed E-state index contributed by atoms with van der Waals surface area (Å²) < 4.78 is 11.5. The van der Waals surface area contributed by atoms with Crippen molar-refractivity contribution in [3.8, 4) is 17.6 Å². The second-order valence-electron chi connectivity index (χ2n) is 7.48. The van der Waals surface area contributed by atoms with Crippen molar-refractivity contribution in [1.29, 1.82) is 5.26 Å². The van der Waals surface area contributed by atoms with Crippen LogP contribution in [-0.4, -0.2) is 13.0 Å². The molecule has 0 fully saturated rings. The van der Waals surface area contributed by atoms with Gasteiger partial charge in [0.1, 0.15) is 18.2 Å². The molecule has 0 saturated carbocycles. The molecule has 0 heterocycles. The Hall–Kier alpha value is -4.27. The quantitative estimate of drug-likeness (QED) is 0.244. The van der Waals surface area contributed by atoms with E-state index < -0.39 is 5.91 Å². The summed E-state index contributed by atoms with van der Waals surface area (Å²) in [7, 11) is 1.54. The SMILES string of the molecule is COc1cc(/C=C(\C#N)C(=O)Nc2ccccc2Cl)ccc1OCc1ccc2ccccc2c1. The molecule has 0 saturated heterocycles. The van der Waals surface area contributed by atoms with Crippen LogP contribution in [0.15, 0.2) is 90.5 Å². The average Bonchev–Trinajstić information content (AvgIpc) is 2.87. The molecule has 4 rings (SSSR count). The van der Waals surface area contributed by atoms with Gasteiger partial charge >= 0.3 is 0 Å². The Labute approximate surface area is 202 Å². The number of fused-ring (bicyclic) bond motifs is 1. The first kappa shape index (κ1) is 22.9. The zero-order chi connectivity index (χ0) is 23.9. The Morgan fingerprint density at radius 2 is 1.74 bits per heavy atom. The monoisotopic (exact) mass is 468 g/mol. The number of benzene rings is 4. The first-order valence-electron chi connectivity index (χ1n) is 10.5. The number of hydrogen-bond donors (Lipinski definition) is 1. The molecule has 0 bridgehead atoms. The standard InChI is InChI=1S/C28H21ClN2O3/c1-33-27-16-19(14-23(17-30)28(32)31-25-9-5-4-8-24(25)29)11-13-26(27)34-18-20-10-12-21-6-2-3-7-22(21)15-20/h2-16H,18H2,1H3,(H,31,32)/b23-14+. The van der Waals surface area contributed by atoms with Gasteiger partial charge in [-0.15, -0.1) is 0 Å². The maximum atomic E-state index is 12.6. The lowest BCUT2D eigenvalue weighted by atomic mass is 10.1. The number of ether oxygens (including phenoxy) is 2. The molecule has 0 spiro atoms. The second kappa shape index (κ2) is 10.6. The maximum absolute atomic E-state index is 12.6. The normalized spacial score (nSPS) is 11.0. The molecule has 1 N–H and O–H groups in total. The molecule has 4 aromatic carbocycles. The minimum absolute atomic E-state index is 0.0631. The molecule has 4 aromatic rings. The first-order valence-corrected chi connectivity index (χ1v) is 10.9. The van der Waals surface area contributed by atoms with E-state index in [2.05, 4.69) is 29.6 Å². The zero-order valence-corrected chi connectivity index (χ0v) is 19.2. The molecule has 0 aliphatic carbocycles. The predicted octanol–water partition coefficient (Wildman–Crippen LogP) is 6.63. The van der Waals surface area contributed by atoms with Crippen molar-refractivity contribution in [2.75, 3.05) is 12.4 Å². The summed E-state index contributed by atoms with van der Waals surface area (Å²) in [6.45, 7) is 0.375. The molecule has 168 valence electrons. The van der Waals surface area contributed by atoms with Crippen molar-refractivity contribution in [2.24, 2.45) is 0 Å². The van der Waals surface area contributed by atoms with Gasteiger partial charge in [-0.25, -0.2) is 0 Å². The number of para-hydroxylation sites is 1. The van der Waals surface area contributed by atoms with Crippen LogP contribution in [0.3, 0.4) is 0 Å². The van der Waals surface area contributed by atoms with Gasteiger partial charge in [0.15, 0.2) is 11.5 Å². The van der Waals surface area contributed by atoms with Gasteiger partial charge in [0.25, 0.3) is 5.91 Å². The van der Waals surface area contributed by atoms with E-state index in [1.54, 1.807) is 49.6 Å². The lowest BCUT2D eigenvalue weighted by Gasteiger charge is -2.12. The summed E-state index contributed by atoms with van der Waals surface area (Å²) in [6, 6.07) is 28.4. The van der Waals surface area contributed by atoms with E-state index in [1.165, 1.54) is 11.5 Å². The van der Waals surface area contributed by atoms with E-state index in [9.17, 15) is 10.1 Å². The highest BCUT2D eigenvalue weighted by atomic mass is 35.5. The van der Waals surface area contributed by atoms with Gasteiger partial charge in [-0.2, -0.15) is 5.26 Å². The van der Waals surface area contributed by atoms with Crippen molar-refractivity contribution in [3.05, 3.63) is 107 Å². The molecule has 5 nitrogen and oxygen atoms in total. The average molecular weight is 469 g/mol. The van der Waals surface area contributed by atoms with Crippen LogP contribution in [0.25, 0.3) is 16.8 Å². The molecule has 0 aromatic heterocycles. The van der Waals surface area contributed by atoms with Crippen LogP contribution in [-0.2, 0) is 11.4 Å². The van der Waals surface area contributed by atoms with Gasteiger partial charge in [0.05, 0.1) is 17.8 Å². The predicted molar refractivity (Wildman–Crippen MR) is 135 cm³/mol. The molecular weight excluding hydrogens is 448 g/mol. The van der Waals surface area contributed by atoms with Gasteiger partial charge in [-0.3, -0.25) is 4.79 Å². The number of carbonyl (C=O) groups is 1. The van der Waals surface area contributed by atoms with Crippen LogP contribution < -0.4 is 14.8 Å². The van der Waals surface area contributed by atoms with Crippen LogP contribution in [0.4, 0.5) is 5.69 Å². The number of rotatable bonds is 7. The third-order valence-corrected chi connectivity index (χ3v) is 5.52. The van der Waals surface area contributed by atoms with E-state index in [-0.39, 0.29) is 5.57 Å². The zero-order valence-electron chi connectivity index (χ0n) is 18.4. The summed E-state index contributed by atoms with van der Waals surface area (Å²) in [5, 5.41) is 14.9. The number of halogens is 1. The summed E-state index contributed by atoms with van der Waals surface area (Å²) >= 11 is 6.09. The Morgan fingerprint density at radius 1 is 0.971 bits per heavy atom. The van der Waals surface area contributed by atoms with Gasteiger partial charge in [-0.05, 0) is 58.3 Å². The van der Waals surface area contributed by atoms with Crippen molar-refractivity contribution in [1.82, 2.24) is 0 Å². The van der Waals surface area contributed by atoms with Crippen molar-refractivity contribution in [2.45, 2.75) is 6.61 Å². The number of nitrogens with zero attached hydrogens (tertiary/aromatic N) is 1. The number of methoxy groups -OCH3 is 1. The lowest BCUT2D eigenvalue weighted by Crippen LogP contribution is -2.13. The third kappa shape index (κ3) is 5.37. The number of anilines is 1. The van der Waals surface area contributed by atoms with Crippen molar-refractivity contribution >= 4 is 40.0 Å². The van der Waals surface area contributed by atoms with E-state index in [1.807, 2.05) is 24.3 Å².